The van der Waals surface area contributed by atoms with Crippen LogP contribution in [0.3, 0.4) is 0 Å². The van der Waals surface area contributed by atoms with Crippen molar-refractivity contribution in [2.45, 2.75) is 51.2 Å². The number of hydrogen-bond donors (Lipinski definition) is 1. The van der Waals surface area contributed by atoms with Crippen LogP contribution in [0.2, 0.25) is 0 Å². The Morgan fingerprint density at radius 2 is 1.58 bits per heavy atom. The van der Waals surface area contributed by atoms with Crippen molar-refractivity contribution in [2.75, 3.05) is 11.5 Å². The van der Waals surface area contributed by atoms with Gasteiger partial charge in [0.1, 0.15) is 0 Å². The number of unbranched alkanes of at least 4 members (excludes halogenated alkanes) is 2. The van der Waals surface area contributed by atoms with Crippen LogP contribution in [0.5, 0.6) is 0 Å². The average Bonchev–Trinajstić information content (AvgIpc) is 2.80. The molecule has 2 nitrogen and oxygen atoms in total. The fourth-order valence-corrected chi connectivity index (χ4v) is 4.40. The molecule has 1 heterocycles. The quantitative estimate of drug-likeness (QED) is 0.240. The molecule has 162 valence electrons. The second-order valence-electron chi connectivity index (χ2n) is 7.99. The zero-order valence-corrected chi connectivity index (χ0v) is 19.4. The highest BCUT2D eigenvalue weighted by atomic mass is 32.2. The monoisotopic (exact) mass is 430 g/mol. The number of nitrogens with zero attached hydrogens (tertiary/aromatic N) is 1. The summed E-state index contributed by atoms with van der Waals surface area (Å²) in [5.74, 6) is 2.14. The highest BCUT2D eigenvalue weighted by molar-refractivity contribution is 7.98. The maximum Gasteiger partial charge on any atom is 0.0633 e. The van der Waals surface area contributed by atoms with Gasteiger partial charge >= 0.3 is 0 Å². The van der Waals surface area contributed by atoms with Crippen LogP contribution in [-0.2, 0) is 18.6 Å². The number of rotatable bonds is 12. The van der Waals surface area contributed by atoms with Gasteiger partial charge in [0.2, 0.25) is 0 Å². The molecule has 0 aliphatic heterocycles. The average molecular weight is 431 g/mol. The van der Waals surface area contributed by atoms with Gasteiger partial charge in [0.25, 0.3) is 0 Å². The van der Waals surface area contributed by atoms with Gasteiger partial charge in [0, 0.05) is 11.4 Å². The minimum atomic E-state index is 0.782. The molecule has 0 radical (unpaired) electrons. The van der Waals surface area contributed by atoms with Gasteiger partial charge in [-0.1, -0.05) is 61.9 Å². The molecule has 2 N–H and O–H groups in total. The number of benzene rings is 2. The molecule has 0 saturated heterocycles. The molecule has 3 aromatic rings. The predicted octanol–water partition coefficient (Wildman–Crippen LogP) is 7.43. The minimum Gasteiger partial charge on any atom is -0.399 e. The predicted molar refractivity (Wildman–Crippen MR) is 138 cm³/mol. The minimum absolute atomic E-state index is 0.782. The van der Waals surface area contributed by atoms with E-state index in [9.17, 15) is 0 Å². The van der Waals surface area contributed by atoms with Gasteiger partial charge in [0.15, 0.2) is 0 Å². The zero-order chi connectivity index (χ0) is 21.7. The normalized spacial score (nSPS) is 11.3. The summed E-state index contributed by atoms with van der Waals surface area (Å²) in [6.07, 6.45) is 11.5. The van der Waals surface area contributed by atoms with Crippen LogP contribution < -0.4 is 5.73 Å². The van der Waals surface area contributed by atoms with Crippen molar-refractivity contribution < 1.29 is 0 Å². The fourth-order valence-electron chi connectivity index (χ4n) is 3.48. The van der Waals surface area contributed by atoms with Crippen molar-refractivity contribution in [3.63, 3.8) is 0 Å². The van der Waals surface area contributed by atoms with E-state index in [1.807, 2.05) is 42.1 Å². The maximum absolute atomic E-state index is 5.84. The molecule has 0 atom stereocenters. The van der Waals surface area contributed by atoms with E-state index < -0.39 is 0 Å². The van der Waals surface area contributed by atoms with Crippen molar-refractivity contribution in [1.29, 1.82) is 0 Å². The zero-order valence-electron chi connectivity index (χ0n) is 18.6. The van der Waals surface area contributed by atoms with E-state index in [2.05, 4.69) is 55.5 Å². The third-order valence-electron chi connectivity index (χ3n) is 5.28. The number of hydrogen-bond acceptors (Lipinski definition) is 3. The fraction of sp³-hybridized carbons (Fsp3) is 0.321. The summed E-state index contributed by atoms with van der Waals surface area (Å²) in [7, 11) is 0. The Hall–Kier alpha value is -2.52. The SMILES string of the molecule is CCCCc1ccc(CCCCSCc2cccc(C=Cc3cccc(N)c3)n2)cc1. The van der Waals surface area contributed by atoms with Crippen molar-refractivity contribution >= 4 is 29.6 Å². The number of pyridine rings is 1. The first-order valence-corrected chi connectivity index (χ1v) is 12.5. The summed E-state index contributed by atoms with van der Waals surface area (Å²) in [6, 6.07) is 23.4. The van der Waals surface area contributed by atoms with E-state index in [1.54, 1.807) is 0 Å². The molecule has 0 aliphatic rings. The van der Waals surface area contributed by atoms with Crippen LogP contribution in [0.1, 0.15) is 60.7 Å². The lowest BCUT2D eigenvalue weighted by atomic mass is 10.0. The second kappa shape index (κ2) is 13.0. The highest BCUT2D eigenvalue weighted by Gasteiger charge is 1.99. The molecule has 31 heavy (non-hydrogen) atoms. The first-order chi connectivity index (χ1) is 15.2. The summed E-state index contributed by atoms with van der Waals surface area (Å²) < 4.78 is 0. The lowest BCUT2D eigenvalue weighted by Crippen LogP contribution is -1.92. The lowest BCUT2D eigenvalue weighted by Gasteiger charge is -2.05. The van der Waals surface area contributed by atoms with Crippen molar-refractivity contribution in [2.24, 2.45) is 0 Å². The number of aromatic nitrogens is 1. The Balaban J connectivity index is 1.35. The highest BCUT2D eigenvalue weighted by Crippen LogP contribution is 2.16. The Labute approximate surface area is 192 Å². The van der Waals surface area contributed by atoms with Gasteiger partial charge in [-0.25, -0.2) is 0 Å². The van der Waals surface area contributed by atoms with Gasteiger partial charge in [-0.15, -0.1) is 0 Å². The summed E-state index contributed by atoms with van der Waals surface area (Å²) in [6.45, 7) is 2.25. The van der Waals surface area contributed by atoms with E-state index in [0.29, 0.717) is 0 Å². The number of nitrogen functional groups attached to an aromatic ring is 1. The molecular formula is C28H34N2S. The first kappa shape index (κ1) is 23.1. The third-order valence-corrected chi connectivity index (χ3v) is 6.36. The number of thioether (sulfide) groups is 1. The standard InChI is InChI=1S/C28H34N2S/c1-2-3-8-23-14-16-24(17-15-23)9-4-5-20-31-22-28-13-7-12-27(30-28)19-18-25-10-6-11-26(29)21-25/h6-7,10-19,21H,2-5,8-9,20,22,29H2,1H3. The van der Waals surface area contributed by atoms with E-state index in [1.165, 1.54) is 55.4 Å². The van der Waals surface area contributed by atoms with Crippen molar-refractivity contribution in [1.82, 2.24) is 4.98 Å². The van der Waals surface area contributed by atoms with Crippen molar-refractivity contribution in [3.05, 3.63) is 94.8 Å². The van der Waals surface area contributed by atoms with E-state index in [-0.39, 0.29) is 0 Å². The Morgan fingerprint density at radius 1 is 0.839 bits per heavy atom. The van der Waals surface area contributed by atoms with Gasteiger partial charge < -0.3 is 5.73 Å². The van der Waals surface area contributed by atoms with Crippen LogP contribution >= 0.6 is 11.8 Å². The summed E-state index contributed by atoms with van der Waals surface area (Å²) >= 11 is 1.98. The molecule has 0 saturated carbocycles. The first-order valence-electron chi connectivity index (χ1n) is 11.4. The molecular weight excluding hydrogens is 396 g/mol. The van der Waals surface area contributed by atoms with Gasteiger partial charge in [-0.3, -0.25) is 4.98 Å². The van der Waals surface area contributed by atoms with Crippen LogP contribution in [-0.4, -0.2) is 10.7 Å². The molecule has 0 spiro atoms. The number of aryl methyl sites for hydroxylation is 2. The molecule has 0 aliphatic carbocycles. The summed E-state index contributed by atoms with van der Waals surface area (Å²) in [4.78, 5) is 4.77. The molecule has 2 aromatic carbocycles. The van der Waals surface area contributed by atoms with E-state index in [4.69, 9.17) is 10.7 Å². The largest absolute Gasteiger partial charge is 0.399 e. The summed E-state index contributed by atoms with van der Waals surface area (Å²) in [5.41, 5.74) is 12.8. The molecule has 0 fully saturated rings. The topological polar surface area (TPSA) is 38.9 Å². The van der Waals surface area contributed by atoms with Crippen LogP contribution in [0.25, 0.3) is 12.2 Å². The molecule has 0 amide bonds. The molecule has 3 heteroatoms. The van der Waals surface area contributed by atoms with E-state index in [0.717, 1.165) is 28.4 Å². The Morgan fingerprint density at radius 3 is 2.32 bits per heavy atom. The maximum atomic E-state index is 5.84. The van der Waals surface area contributed by atoms with Gasteiger partial charge in [-0.2, -0.15) is 11.8 Å². The van der Waals surface area contributed by atoms with Crippen LogP contribution in [0.4, 0.5) is 5.69 Å². The molecule has 3 rings (SSSR count). The Bertz CT molecular complexity index is 947. The number of anilines is 1. The second-order valence-corrected chi connectivity index (χ2v) is 9.09. The number of nitrogens with two attached hydrogens (primary N) is 1. The smallest absolute Gasteiger partial charge is 0.0633 e. The lowest BCUT2D eigenvalue weighted by molar-refractivity contribution is 0.788. The summed E-state index contributed by atoms with van der Waals surface area (Å²) in [5, 5.41) is 0. The van der Waals surface area contributed by atoms with Crippen molar-refractivity contribution in [3.8, 4) is 0 Å². The third kappa shape index (κ3) is 8.63. The molecule has 0 bridgehead atoms. The van der Waals surface area contributed by atoms with Crippen LogP contribution in [0, 0.1) is 0 Å². The Kier molecular flexibility index (Phi) is 9.72. The molecule has 0 unspecified atom stereocenters. The molecule has 1 aromatic heterocycles. The van der Waals surface area contributed by atoms with Crippen LogP contribution in [0.15, 0.2) is 66.7 Å². The van der Waals surface area contributed by atoms with Gasteiger partial charge in [-0.05, 0) is 84.9 Å². The van der Waals surface area contributed by atoms with E-state index >= 15 is 0 Å². The van der Waals surface area contributed by atoms with Gasteiger partial charge in [0.05, 0.1) is 11.4 Å².